The van der Waals surface area contributed by atoms with E-state index < -0.39 is 0 Å². The van der Waals surface area contributed by atoms with Crippen molar-refractivity contribution < 1.29 is 4.74 Å². The van der Waals surface area contributed by atoms with E-state index in [1.54, 1.807) is 0 Å². The van der Waals surface area contributed by atoms with Gasteiger partial charge in [0, 0.05) is 52.0 Å². The Balaban J connectivity index is 1.33. The number of aliphatic imine (C=N–C) groups is 2. The lowest BCUT2D eigenvalue weighted by molar-refractivity contribution is 0.483. The number of benzene rings is 4. The van der Waals surface area contributed by atoms with Crippen molar-refractivity contribution in [1.29, 1.82) is 0 Å². The summed E-state index contributed by atoms with van der Waals surface area (Å²) in [6, 6.07) is 32.0. The summed E-state index contributed by atoms with van der Waals surface area (Å²) in [5.41, 5.74) is 6.19. The summed E-state index contributed by atoms with van der Waals surface area (Å²) >= 11 is 0. The number of ether oxygens (including phenoxy) is 1. The summed E-state index contributed by atoms with van der Waals surface area (Å²) in [6.45, 7) is 0. The molecule has 0 N–H and O–H groups in total. The van der Waals surface area contributed by atoms with E-state index in [0.29, 0.717) is 0 Å². The quantitative estimate of drug-likeness (QED) is 0.262. The van der Waals surface area contributed by atoms with Crippen LogP contribution in [0.5, 0.6) is 11.5 Å². The fourth-order valence-electron chi connectivity index (χ4n) is 3.35. The van der Waals surface area contributed by atoms with Gasteiger partial charge in [-0.3, -0.25) is 9.98 Å². The number of rotatable bonds is 8. The van der Waals surface area contributed by atoms with Gasteiger partial charge in [0.2, 0.25) is 0 Å². The van der Waals surface area contributed by atoms with E-state index in [1.165, 1.54) is 11.4 Å². The highest BCUT2D eigenvalue weighted by Gasteiger charge is 2.00. The van der Waals surface area contributed by atoms with Crippen molar-refractivity contribution >= 4 is 35.2 Å². The van der Waals surface area contributed by atoms with E-state index in [0.717, 1.165) is 34.0 Å². The lowest BCUT2D eigenvalue weighted by Crippen LogP contribution is -2.08. The Hall–Kier alpha value is -4.38. The number of nitrogens with zero attached hydrogens (tertiary/aromatic N) is 4. The zero-order valence-corrected chi connectivity index (χ0v) is 20.6. The van der Waals surface area contributed by atoms with Gasteiger partial charge in [0.05, 0.1) is 11.4 Å². The number of anilines is 2. The average molecular weight is 463 g/mol. The molecule has 35 heavy (non-hydrogen) atoms. The van der Waals surface area contributed by atoms with Gasteiger partial charge in [0.25, 0.3) is 0 Å². The van der Waals surface area contributed by atoms with Gasteiger partial charge in [-0.05, 0) is 83.9 Å². The van der Waals surface area contributed by atoms with Crippen LogP contribution in [0, 0.1) is 0 Å². The Bertz CT molecular complexity index is 1170. The van der Waals surface area contributed by atoms with Crippen molar-refractivity contribution in [2.75, 3.05) is 38.0 Å². The minimum Gasteiger partial charge on any atom is -0.457 e. The van der Waals surface area contributed by atoms with E-state index in [-0.39, 0.29) is 0 Å². The predicted octanol–water partition coefficient (Wildman–Crippen LogP) is 7.11. The zero-order valence-electron chi connectivity index (χ0n) is 20.6. The van der Waals surface area contributed by atoms with Gasteiger partial charge < -0.3 is 14.5 Å². The van der Waals surface area contributed by atoms with Gasteiger partial charge in [-0.2, -0.15) is 0 Å². The Morgan fingerprint density at radius 3 is 1.14 bits per heavy atom. The Labute approximate surface area is 207 Å². The summed E-state index contributed by atoms with van der Waals surface area (Å²) in [6.07, 6.45) is 3.73. The predicted molar refractivity (Wildman–Crippen MR) is 149 cm³/mol. The lowest BCUT2D eigenvalue weighted by atomic mass is 10.2. The third kappa shape index (κ3) is 6.81. The van der Waals surface area contributed by atoms with Crippen LogP contribution >= 0.6 is 0 Å². The van der Waals surface area contributed by atoms with Gasteiger partial charge in [0.1, 0.15) is 11.5 Å². The molecular weight excluding hydrogens is 432 g/mol. The molecule has 0 aliphatic heterocycles. The molecule has 5 nitrogen and oxygen atoms in total. The molecule has 0 unspecified atom stereocenters. The normalized spacial score (nSPS) is 11.2. The molecule has 4 rings (SSSR count). The molecule has 4 aromatic carbocycles. The van der Waals surface area contributed by atoms with Gasteiger partial charge in [-0.15, -0.1) is 0 Å². The maximum Gasteiger partial charge on any atom is 0.127 e. The molecule has 5 heteroatoms. The molecule has 176 valence electrons. The van der Waals surface area contributed by atoms with E-state index in [2.05, 4.69) is 68.3 Å². The number of hydrogen-bond acceptors (Lipinski definition) is 5. The Morgan fingerprint density at radius 2 is 0.829 bits per heavy atom. The monoisotopic (exact) mass is 462 g/mol. The average Bonchev–Trinajstić information content (AvgIpc) is 2.88. The summed E-state index contributed by atoms with van der Waals surface area (Å²) in [5.74, 6) is 1.52. The Kier molecular flexibility index (Phi) is 7.58. The molecule has 0 aliphatic carbocycles. The summed E-state index contributed by atoms with van der Waals surface area (Å²) in [5, 5.41) is 0. The summed E-state index contributed by atoms with van der Waals surface area (Å²) < 4.78 is 5.97. The first-order valence-corrected chi connectivity index (χ1v) is 11.5. The third-order valence-corrected chi connectivity index (χ3v) is 5.45. The standard InChI is InChI=1S/C30H30N4O/c1-33(2)27-13-5-23(6-14-27)21-31-25-9-17-29(18-10-25)35-30-19-11-26(12-20-30)32-22-24-7-15-28(16-8-24)34(3)4/h5-22H,1-4H3. The Morgan fingerprint density at radius 1 is 0.486 bits per heavy atom. The highest BCUT2D eigenvalue weighted by molar-refractivity contribution is 5.83. The van der Waals surface area contributed by atoms with Crippen LogP contribution in [0.15, 0.2) is 107 Å². The third-order valence-electron chi connectivity index (χ3n) is 5.45. The van der Waals surface area contributed by atoms with Crippen molar-refractivity contribution in [3.8, 4) is 11.5 Å². The second-order valence-corrected chi connectivity index (χ2v) is 8.58. The SMILES string of the molecule is CN(C)c1ccc(C=Nc2ccc(Oc3ccc(N=Cc4ccc(N(C)C)cc4)cc3)cc2)cc1. The molecule has 0 aromatic heterocycles. The maximum absolute atomic E-state index is 5.97. The number of hydrogen-bond donors (Lipinski definition) is 0. The van der Waals surface area contributed by atoms with Crippen molar-refractivity contribution in [3.63, 3.8) is 0 Å². The van der Waals surface area contributed by atoms with E-state index in [4.69, 9.17) is 4.74 Å². The van der Waals surface area contributed by atoms with Crippen LogP contribution in [0.1, 0.15) is 11.1 Å². The molecule has 0 bridgehead atoms. The second kappa shape index (κ2) is 11.2. The van der Waals surface area contributed by atoms with Crippen LogP contribution in [0.3, 0.4) is 0 Å². The van der Waals surface area contributed by atoms with E-state index in [1.807, 2.05) is 89.2 Å². The smallest absolute Gasteiger partial charge is 0.127 e. The lowest BCUT2D eigenvalue weighted by Gasteiger charge is -2.11. The van der Waals surface area contributed by atoms with Gasteiger partial charge in [-0.1, -0.05) is 24.3 Å². The largest absolute Gasteiger partial charge is 0.457 e. The van der Waals surface area contributed by atoms with Crippen LogP contribution < -0.4 is 14.5 Å². The molecular formula is C30H30N4O. The minimum absolute atomic E-state index is 0.761. The molecule has 0 heterocycles. The van der Waals surface area contributed by atoms with Gasteiger partial charge in [0.15, 0.2) is 0 Å². The minimum atomic E-state index is 0.761. The highest BCUT2D eigenvalue weighted by Crippen LogP contribution is 2.26. The van der Waals surface area contributed by atoms with Crippen LogP contribution in [-0.2, 0) is 0 Å². The van der Waals surface area contributed by atoms with E-state index >= 15 is 0 Å². The molecule has 0 amide bonds. The zero-order chi connectivity index (χ0) is 24.6. The van der Waals surface area contributed by atoms with Crippen LogP contribution in [0.2, 0.25) is 0 Å². The first-order valence-electron chi connectivity index (χ1n) is 11.5. The van der Waals surface area contributed by atoms with E-state index in [9.17, 15) is 0 Å². The second-order valence-electron chi connectivity index (χ2n) is 8.58. The van der Waals surface area contributed by atoms with Crippen molar-refractivity contribution in [1.82, 2.24) is 0 Å². The van der Waals surface area contributed by atoms with Crippen LogP contribution in [-0.4, -0.2) is 40.6 Å². The van der Waals surface area contributed by atoms with Crippen LogP contribution in [0.25, 0.3) is 0 Å². The van der Waals surface area contributed by atoms with Crippen molar-refractivity contribution in [2.45, 2.75) is 0 Å². The fraction of sp³-hybridized carbons (Fsp3) is 0.133. The molecule has 0 fully saturated rings. The molecule has 0 aliphatic rings. The van der Waals surface area contributed by atoms with Gasteiger partial charge >= 0.3 is 0 Å². The first-order chi connectivity index (χ1) is 17.0. The first kappa shape index (κ1) is 23.8. The molecule has 4 aromatic rings. The van der Waals surface area contributed by atoms with Crippen LogP contribution in [0.4, 0.5) is 22.7 Å². The summed E-state index contributed by atoms with van der Waals surface area (Å²) in [4.78, 5) is 13.3. The van der Waals surface area contributed by atoms with Crippen molar-refractivity contribution in [3.05, 3.63) is 108 Å². The maximum atomic E-state index is 5.97. The summed E-state index contributed by atoms with van der Waals surface area (Å²) in [7, 11) is 8.12. The molecule has 0 atom stereocenters. The molecule has 0 spiro atoms. The molecule has 0 saturated heterocycles. The molecule has 0 saturated carbocycles. The van der Waals surface area contributed by atoms with Crippen molar-refractivity contribution in [2.24, 2.45) is 9.98 Å². The molecule has 0 radical (unpaired) electrons. The topological polar surface area (TPSA) is 40.4 Å². The highest BCUT2D eigenvalue weighted by atomic mass is 16.5. The fourth-order valence-corrected chi connectivity index (χ4v) is 3.35. The van der Waals surface area contributed by atoms with Gasteiger partial charge in [-0.25, -0.2) is 0 Å².